The molecule has 1 aromatic heterocycles. The second-order valence-electron chi connectivity index (χ2n) is 5.61. The van der Waals surface area contributed by atoms with Crippen molar-refractivity contribution in [3.8, 4) is 0 Å². The quantitative estimate of drug-likeness (QED) is 0.886. The maximum atomic E-state index is 11.8. The zero-order valence-corrected chi connectivity index (χ0v) is 12.5. The van der Waals surface area contributed by atoms with Crippen LogP contribution in [0.1, 0.15) is 25.1 Å². The van der Waals surface area contributed by atoms with Gasteiger partial charge in [-0.25, -0.2) is 4.79 Å². The van der Waals surface area contributed by atoms with Crippen LogP contribution in [0.15, 0.2) is 54.7 Å². The number of carbonyl (C=O) groups excluding carboxylic acids is 1. The lowest BCUT2D eigenvalue weighted by Crippen LogP contribution is -2.42. The summed E-state index contributed by atoms with van der Waals surface area (Å²) in [7, 11) is 0. The van der Waals surface area contributed by atoms with Gasteiger partial charge in [0.2, 0.25) is 0 Å². The van der Waals surface area contributed by atoms with E-state index < -0.39 is 0 Å². The van der Waals surface area contributed by atoms with Crippen molar-refractivity contribution in [2.45, 2.75) is 25.8 Å². The Kier molecular flexibility index (Phi) is 4.93. The first-order chi connectivity index (χ1) is 10.1. The summed E-state index contributed by atoms with van der Waals surface area (Å²) in [5.74, 6) is 0. The van der Waals surface area contributed by atoms with Gasteiger partial charge in [-0.3, -0.25) is 4.98 Å². The molecule has 0 spiro atoms. The highest BCUT2D eigenvalue weighted by Gasteiger charge is 2.20. The highest BCUT2D eigenvalue weighted by Crippen LogP contribution is 2.21. The zero-order chi connectivity index (χ0) is 15.1. The first-order valence-electron chi connectivity index (χ1n) is 7.05. The van der Waals surface area contributed by atoms with Crippen LogP contribution in [0.5, 0.6) is 0 Å². The van der Waals surface area contributed by atoms with Gasteiger partial charge in [0.1, 0.15) is 0 Å². The molecule has 0 unspecified atom stereocenters. The summed E-state index contributed by atoms with van der Waals surface area (Å²) in [5, 5.41) is 5.72. The maximum absolute atomic E-state index is 11.8. The fourth-order valence-electron chi connectivity index (χ4n) is 2.03. The van der Waals surface area contributed by atoms with E-state index in [0.29, 0.717) is 13.1 Å². The van der Waals surface area contributed by atoms with Crippen molar-refractivity contribution in [1.82, 2.24) is 15.6 Å². The Labute approximate surface area is 125 Å². The highest BCUT2D eigenvalue weighted by molar-refractivity contribution is 5.73. The maximum Gasteiger partial charge on any atom is 0.315 e. The van der Waals surface area contributed by atoms with Crippen LogP contribution in [0.25, 0.3) is 0 Å². The molecule has 0 saturated heterocycles. The largest absolute Gasteiger partial charge is 0.337 e. The van der Waals surface area contributed by atoms with E-state index in [9.17, 15) is 4.79 Å². The molecule has 2 amide bonds. The monoisotopic (exact) mass is 283 g/mol. The lowest BCUT2D eigenvalue weighted by Gasteiger charge is -2.25. The van der Waals surface area contributed by atoms with Crippen molar-refractivity contribution in [3.63, 3.8) is 0 Å². The van der Waals surface area contributed by atoms with Crippen molar-refractivity contribution in [3.05, 3.63) is 66.0 Å². The van der Waals surface area contributed by atoms with Gasteiger partial charge in [0.25, 0.3) is 0 Å². The SMILES string of the molecule is CC(C)(CNC(=O)NCc1ccccn1)c1ccccc1. The van der Waals surface area contributed by atoms with Crippen LogP contribution < -0.4 is 10.6 Å². The van der Waals surface area contributed by atoms with Crippen LogP contribution in [-0.2, 0) is 12.0 Å². The molecule has 110 valence electrons. The summed E-state index contributed by atoms with van der Waals surface area (Å²) in [4.78, 5) is 16.0. The molecule has 0 fully saturated rings. The van der Waals surface area contributed by atoms with Gasteiger partial charge in [0, 0.05) is 18.2 Å². The molecular weight excluding hydrogens is 262 g/mol. The molecule has 1 heterocycles. The molecule has 2 aromatic rings. The molecule has 0 aliphatic heterocycles. The van der Waals surface area contributed by atoms with Crippen molar-refractivity contribution in [2.24, 2.45) is 0 Å². The van der Waals surface area contributed by atoms with E-state index in [4.69, 9.17) is 0 Å². The highest BCUT2D eigenvalue weighted by atomic mass is 16.2. The summed E-state index contributed by atoms with van der Waals surface area (Å²) in [6, 6.07) is 15.6. The predicted octanol–water partition coefficient (Wildman–Crippen LogP) is 2.86. The smallest absolute Gasteiger partial charge is 0.315 e. The first kappa shape index (κ1) is 15.0. The number of nitrogens with one attached hydrogen (secondary N) is 2. The van der Waals surface area contributed by atoms with Gasteiger partial charge in [-0.1, -0.05) is 50.2 Å². The molecule has 0 aliphatic carbocycles. The number of pyridine rings is 1. The molecule has 0 saturated carbocycles. The molecule has 4 heteroatoms. The molecule has 21 heavy (non-hydrogen) atoms. The minimum atomic E-state index is -0.176. The number of rotatable bonds is 5. The van der Waals surface area contributed by atoms with E-state index in [1.54, 1.807) is 6.20 Å². The standard InChI is InChI=1S/C17H21N3O/c1-17(2,14-8-4-3-5-9-14)13-20-16(21)19-12-15-10-6-7-11-18-15/h3-11H,12-13H2,1-2H3,(H2,19,20,21). The predicted molar refractivity (Wildman–Crippen MR) is 83.9 cm³/mol. The van der Waals surface area contributed by atoms with E-state index in [2.05, 4.69) is 41.6 Å². The summed E-state index contributed by atoms with van der Waals surface area (Å²) >= 11 is 0. The van der Waals surface area contributed by atoms with E-state index in [-0.39, 0.29) is 11.4 Å². The van der Waals surface area contributed by atoms with Crippen LogP contribution in [0.4, 0.5) is 4.79 Å². The Morgan fingerprint density at radius 2 is 1.76 bits per heavy atom. The number of hydrogen-bond donors (Lipinski definition) is 2. The Hall–Kier alpha value is -2.36. The second-order valence-corrected chi connectivity index (χ2v) is 5.61. The zero-order valence-electron chi connectivity index (χ0n) is 12.5. The van der Waals surface area contributed by atoms with Crippen molar-refractivity contribution < 1.29 is 4.79 Å². The third kappa shape index (κ3) is 4.60. The molecule has 0 aliphatic rings. The Bertz CT molecular complexity index is 567. The lowest BCUT2D eigenvalue weighted by atomic mass is 9.85. The first-order valence-corrected chi connectivity index (χ1v) is 7.05. The number of amides is 2. The van der Waals surface area contributed by atoms with Crippen LogP contribution in [-0.4, -0.2) is 17.6 Å². The Morgan fingerprint density at radius 3 is 2.43 bits per heavy atom. The molecule has 2 N–H and O–H groups in total. The van der Waals surface area contributed by atoms with Gasteiger partial charge in [-0.2, -0.15) is 0 Å². The number of hydrogen-bond acceptors (Lipinski definition) is 2. The van der Waals surface area contributed by atoms with Crippen LogP contribution in [0, 0.1) is 0 Å². The van der Waals surface area contributed by atoms with Gasteiger partial charge in [-0.05, 0) is 17.7 Å². The third-order valence-corrected chi connectivity index (χ3v) is 3.40. The van der Waals surface area contributed by atoms with Gasteiger partial charge in [0.05, 0.1) is 12.2 Å². The van der Waals surface area contributed by atoms with E-state index in [0.717, 1.165) is 5.69 Å². The van der Waals surface area contributed by atoms with Crippen molar-refractivity contribution in [1.29, 1.82) is 0 Å². The molecule has 1 aromatic carbocycles. The summed E-state index contributed by atoms with van der Waals surface area (Å²) in [6.45, 7) is 5.23. The third-order valence-electron chi connectivity index (χ3n) is 3.40. The normalized spacial score (nSPS) is 11.0. The van der Waals surface area contributed by atoms with Crippen molar-refractivity contribution in [2.75, 3.05) is 6.54 Å². The van der Waals surface area contributed by atoms with Crippen LogP contribution >= 0.6 is 0 Å². The average Bonchev–Trinajstić information content (AvgIpc) is 2.53. The van der Waals surface area contributed by atoms with Crippen LogP contribution in [0.3, 0.4) is 0 Å². The molecule has 4 nitrogen and oxygen atoms in total. The van der Waals surface area contributed by atoms with Gasteiger partial charge >= 0.3 is 6.03 Å². The molecule has 0 bridgehead atoms. The van der Waals surface area contributed by atoms with E-state index >= 15 is 0 Å². The van der Waals surface area contributed by atoms with Crippen molar-refractivity contribution >= 4 is 6.03 Å². The minimum absolute atomic E-state index is 0.108. The van der Waals surface area contributed by atoms with Gasteiger partial charge in [0.15, 0.2) is 0 Å². The van der Waals surface area contributed by atoms with Gasteiger partial charge in [-0.15, -0.1) is 0 Å². The molecule has 0 radical (unpaired) electrons. The minimum Gasteiger partial charge on any atom is -0.337 e. The van der Waals surface area contributed by atoms with E-state index in [1.165, 1.54) is 5.56 Å². The van der Waals surface area contributed by atoms with Gasteiger partial charge < -0.3 is 10.6 Å². The summed E-state index contributed by atoms with van der Waals surface area (Å²) in [5.41, 5.74) is 1.94. The number of aromatic nitrogens is 1. The van der Waals surface area contributed by atoms with Crippen LogP contribution in [0.2, 0.25) is 0 Å². The molecule has 0 atom stereocenters. The number of nitrogens with zero attached hydrogens (tertiary/aromatic N) is 1. The lowest BCUT2D eigenvalue weighted by molar-refractivity contribution is 0.238. The Balaban J connectivity index is 1.81. The number of carbonyl (C=O) groups is 1. The number of urea groups is 1. The fraction of sp³-hybridized carbons (Fsp3) is 0.294. The van der Waals surface area contributed by atoms with E-state index in [1.807, 2.05) is 36.4 Å². The summed E-state index contributed by atoms with van der Waals surface area (Å²) in [6.07, 6.45) is 1.72. The fourth-order valence-corrected chi connectivity index (χ4v) is 2.03. The average molecular weight is 283 g/mol. The topological polar surface area (TPSA) is 54.0 Å². The summed E-state index contributed by atoms with van der Waals surface area (Å²) < 4.78 is 0. The second kappa shape index (κ2) is 6.88. The Morgan fingerprint density at radius 1 is 1.05 bits per heavy atom. The number of benzene rings is 1. The molecule has 2 rings (SSSR count). The molecular formula is C17H21N3O.